The van der Waals surface area contributed by atoms with Crippen LogP contribution in [0.4, 0.5) is 5.69 Å². The average Bonchev–Trinajstić information content (AvgIpc) is 3.09. The zero-order valence-corrected chi connectivity index (χ0v) is 18.3. The fraction of sp³-hybridized carbons (Fsp3) is 0.429. The highest BCUT2D eigenvalue weighted by Crippen LogP contribution is 2.40. The minimum absolute atomic E-state index is 0.0200. The van der Waals surface area contributed by atoms with Crippen molar-refractivity contribution in [1.29, 1.82) is 0 Å². The molecule has 0 heterocycles. The SMILES string of the molecule is Cc1ccc(C2CCCC2N(C)c2ccc(S(C)(=O)=O)cc2S(C)(=O)=O)cc1. The molecule has 3 rings (SSSR count). The molecule has 0 spiro atoms. The monoisotopic (exact) mass is 421 g/mol. The van der Waals surface area contributed by atoms with Crippen LogP contribution >= 0.6 is 0 Å². The van der Waals surface area contributed by atoms with Gasteiger partial charge in [0.25, 0.3) is 0 Å². The smallest absolute Gasteiger partial charge is 0.177 e. The van der Waals surface area contributed by atoms with Crippen LogP contribution in [0.15, 0.2) is 52.3 Å². The van der Waals surface area contributed by atoms with E-state index in [0.717, 1.165) is 31.8 Å². The molecule has 0 aliphatic heterocycles. The molecule has 0 amide bonds. The molecule has 0 N–H and O–H groups in total. The highest BCUT2D eigenvalue weighted by Gasteiger charge is 2.33. The van der Waals surface area contributed by atoms with Gasteiger partial charge in [0.1, 0.15) is 0 Å². The number of hydrogen-bond acceptors (Lipinski definition) is 5. The lowest BCUT2D eigenvalue weighted by Crippen LogP contribution is -2.34. The van der Waals surface area contributed by atoms with Crippen molar-refractivity contribution in [3.63, 3.8) is 0 Å². The Morgan fingerprint density at radius 1 is 0.893 bits per heavy atom. The number of aryl methyl sites for hydroxylation is 1. The molecule has 0 radical (unpaired) electrons. The maximum Gasteiger partial charge on any atom is 0.177 e. The van der Waals surface area contributed by atoms with Gasteiger partial charge in [0, 0.05) is 31.5 Å². The van der Waals surface area contributed by atoms with Gasteiger partial charge in [-0.2, -0.15) is 0 Å². The molecule has 0 saturated heterocycles. The number of anilines is 1. The molecule has 0 bridgehead atoms. The van der Waals surface area contributed by atoms with E-state index < -0.39 is 19.7 Å². The number of benzene rings is 2. The molecule has 5 nitrogen and oxygen atoms in total. The summed E-state index contributed by atoms with van der Waals surface area (Å²) in [5, 5.41) is 0. The zero-order chi connectivity index (χ0) is 20.7. The van der Waals surface area contributed by atoms with Crippen LogP contribution in [0.25, 0.3) is 0 Å². The van der Waals surface area contributed by atoms with Gasteiger partial charge >= 0.3 is 0 Å². The summed E-state index contributed by atoms with van der Waals surface area (Å²) in [6.07, 6.45) is 5.29. The summed E-state index contributed by atoms with van der Waals surface area (Å²) >= 11 is 0. The van der Waals surface area contributed by atoms with Crippen LogP contribution in [0.2, 0.25) is 0 Å². The largest absolute Gasteiger partial charge is 0.370 e. The number of rotatable bonds is 5. The predicted octanol–water partition coefficient (Wildman–Crippen LogP) is 3.57. The maximum absolute atomic E-state index is 12.4. The molecule has 7 heteroatoms. The Kier molecular flexibility index (Phi) is 5.60. The van der Waals surface area contributed by atoms with Gasteiger partial charge in [0.2, 0.25) is 0 Å². The number of sulfone groups is 2. The van der Waals surface area contributed by atoms with Crippen molar-refractivity contribution in [1.82, 2.24) is 0 Å². The molecule has 2 unspecified atom stereocenters. The third-order valence-electron chi connectivity index (χ3n) is 5.62. The van der Waals surface area contributed by atoms with Gasteiger partial charge < -0.3 is 4.90 Å². The van der Waals surface area contributed by atoms with Gasteiger partial charge in [-0.25, -0.2) is 16.8 Å². The summed E-state index contributed by atoms with van der Waals surface area (Å²) in [6, 6.07) is 13.1. The second kappa shape index (κ2) is 7.52. The lowest BCUT2D eigenvalue weighted by molar-refractivity contribution is 0.573. The third-order valence-corrected chi connectivity index (χ3v) is 7.86. The zero-order valence-electron chi connectivity index (χ0n) is 16.7. The summed E-state index contributed by atoms with van der Waals surface area (Å²) < 4.78 is 48.7. The van der Waals surface area contributed by atoms with E-state index in [0.29, 0.717) is 11.6 Å². The molecule has 1 aliphatic rings. The van der Waals surface area contributed by atoms with Crippen LogP contribution in [0.1, 0.15) is 36.3 Å². The second-order valence-electron chi connectivity index (χ2n) is 7.80. The Labute approximate surface area is 168 Å². The molecule has 1 saturated carbocycles. The van der Waals surface area contributed by atoms with Crippen molar-refractivity contribution >= 4 is 25.4 Å². The third kappa shape index (κ3) is 4.25. The fourth-order valence-electron chi connectivity index (χ4n) is 4.10. The molecule has 2 aromatic carbocycles. The van der Waals surface area contributed by atoms with Crippen molar-refractivity contribution in [2.45, 2.75) is 47.9 Å². The Morgan fingerprint density at radius 3 is 2.11 bits per heavy atom. The summed E-state index contributed by atoms with van der Waals surface area (Å²) in [6.45, 7) is 2.06. The van der Waals surface area contributed by atoms with Crippen LogP contribution in [-0.2, 0) is 19.7 Å². The first-order chi connectivity index (χ1) is 13.0. The van der Waals surface area contributed by atoms with Gasteiger partial charge in [0.15, 0.2) is 19.7 Å². The van der Waals surface area contributed by atoms with Gasteiger partial charge in [-0.15, -0.1) is 0 Å². The second-order valence-corrected chi connectivity index (χ2v) is 11.8. The summed E-state index contributed by atoms with van der Waals surface area (Å²) in [4.78, 5) is 2.10. The molecular weight excluding hydrogens is 394 g/mol. The molecule has 0 aromatic heterocycles. The van der Waals surface area contributed by atoms with E-state index >= 15 is 0 Å². The Morgan fingerprint density at radius 2 is 1.54 bits per heavy atom. The first-order valence-corrected chi connectivity index (χ1v) is 13.1. The quantitative estimate of drug-likeness (QED) is 0.738. The lowest BCUT2D eigenvalue weighted by atomic mass is 9.92. The minimum Gasteiger partial charge on any atom is -0.370 e. The van der Waals surface area contributed by atoms with Gasteiger partial charge in [-0.1, -0.05) is 36.2 Å². The standard InChI is InChI=1S/C21H27NO4S2/c1-15-8-10-16(11-9-15)18-6-5-7-19(18)22(2)20-13-12-17(27(3,23)24)14-21(20)28(4,25)26/h8-14,18-19H,5-7H2,1-4H3. The lowest BCUT2D eigenvalue weighted by Gasteiger charge is -2.33. The van der Waals surface area contributed by atoms with E-state index in [1.54, 1.807) is 6.07 Å². The van der Waals surface area contributed by atoms with Gasteiger partial charge in [-0.3, -0.25) is 0 Å². The van der Waals surface area contributed by atoms with E-state index in [1.165, 1.54) is 23.3 Å². The molecule has 28 heavy (non-hydrogen) atoms. The average molecular weight is 422 g/mol. The molecule has 152 valence electrons. The highest BCUT2D eigenvalue weighted by atomic mass is 32.2. The number of likely N-dealkylation sites (N-methyl/N-ethyl adjacent to an activating group) is 1. The van der Waals surface area contributed by atoms with Crippen LogP contribution in [-0.4, -0.2) is 42.4 Å². The van der Waals surface area contributed by atoms with Crippen molar-refractivity contribution < 1.29 is 16.8 Å². The highest BCUT2D eigenvalue weighted by molar-refractivity contribution is 7.91. The van der Waals surface area contributed by atoms with Crippen molar-refractivity contribution in [2.24, 2.45) is 0 Å². The van der Waals surface area contributed by atoms with E-state index in [1.807, 2.05) is 11.9 Å². The van der Waals surface area contributed by atoms with Gasteiger partial charge in [0.05, 0.1) is 15.5 Å². The summed E-state index contributed by atoms with van der Waals surface area (Å²) in [5.41, 5.74) is 3.02. The fourth-order valence-corrected chi connectivity index (χ4v) is 5.75. The number of nitrogens with zero attached hydrogens (tertiary/aromatic N) is 1. The Bertz CT molecular complexity index is 1070. The van der Waals surface area contributed by atoms with Crippen LogP contribution in [0.3, 0.4) is 0 Å². The van der Waals surface area contributed by atoms with E-state index in [9.17, 15) is 16.8 Å². The van der Waals surface area contributed by atoms with Crippen LogP contribution in [0, 0.1) is 6.92 Å². The van der Waals surface area contributed by atoms with Crippen LogP contribution < -0.4 is 4.90 Å². The molecule has 1 fully saturated rings. The first kappa shape index (κ1) is 20.9. The molecule has 1 aliphatic carbocycles. The summed E-state index contributed by atoms with van der Waals surface area (Å²) in [5.74, 6) is 0.313. The maximum atomic E-state index is 12.4. The topological polar surface area (TPSA) is 71.5 Å². The molecule has 2 aromatic rings. The predicted molar refractivity (Wildman–Crippen MR) is 113 cm³/mol. The summed E-state index contributed by atoms with van der Waals surface area (Å²) in [7, 11) is -5.17. The molecular formula is C21H27NO4S2. The van der Waals surface area contributed by atoms with Gasteiger partial charge in [-0.05, 0) is 43.5 Å². The Hall–Kier alpha value is -1.86. The van der Waals surface area contributed by atoms with E-state index in [2.05, 4.69) is 31.2 Å². The van der Waals surface area contributed by atoms with Crippen molar-refractivity contribution in [3.05, 3.63) is 53.6 Å². The van der Waals surface area contributed by atoms with Crippen LogP contribution in [0.5, 0.6) is 0 Å². The molecule has 2 atom stereocenters. The normalized spacial score (nSPS) is 20.3. The van der Waals surface area contributed by atoms with Crippen molar-refractivity contribution in [3.8, 4) is 0 Å². The number of hydrogen-bond donors (Lipinski definition) is 0. The van der Waals surface area contributed by atoms with E-state index in [-0.39, 0.29) is 15.8 Å². The minimum atomic E-state index is -3.58. The van der Waals surface area contributed by atoms with E-state index in [4.69, 9.17) is 0 Å². The van der Waals surface area contributed by atoms with Crippen molar-refractivity contribution in [2.75, 3.05) is 24.5 Å². The Balaban J connectivity index is 2.03. The first-order valence-electron chi connectivity index (χ1n) is 9.32.